The van der Waals surface area contributed by atoms with Crippen LogP contribution in [0.2, 0.25) is 0 Å². The van der Waals surface area contributed by atoms with Crippen LogP contribution in [0, 0.1) is 0 Å². The highest BCUT2D eigenvalue weighted by molar-refractivity contribution is 7.47. The quantitative estimate of drug-likeness (QED) is 0.0220. The van der Waals surface area contributed by atoms with Gasteiger partial charge in [-0.15, -0.1) is 0 Å². The minimum absolute atomic E-state index is 0.0881. The summed E-state index contributed by atoms with van der Waals surface area (Å²) in [5, 5.41) is 0. The number of likely N-dealkylation sites (N-methyl/N-ethyl adjacent to an activating group) is 1. The van der Waals surface area contributed by atoms with Gasteiger partial charge in [-0.05, 0) is 38.5 Å². The number of unbranched alkanes of at least 4 members (excludes halogenated alkanes) is 21. The molecule has 0 aromatic carbocycles. The summed E-state index contributed by atoms with van der Waals surface area (Å²) < 4.78 is 34.9. The van der Waals surface area contributed by atoms with Crippen molar-refractivity contribution < 1.29 is 37.3 Å². The van der Waals surface area contributed by atoms with Gasteiger partial charge in [0.05, 0.1) is 34.4 Å². The van der Waals surface area contributed by atoms with Crippen LogP contribution < -0.4 is 0 Å². The van der Waals surface area contributed by atoms with E-state index in [4.69, 9.17) is 18.5 Å². The average molecular weight is 745 g/mol. The van der Waals surface area contributed by atoms with E-state index >= 15 is 0 Å². The van der Waals surface area contributed by atoms with Crippen molar-refractivity contribution in [1.82, 2.24) is 0 Å². The van der Waals surface area contributed by atoms with E-state index in [2.05, 4.69) is 38.2 Å². The van der Waals surface area contributed by atoms with Crippen molar-refractivity contribution >= 4 is 13.8 Å². The van der Waals surface area contributed by atoms with Crippen molar-refractivity contribution in [1.29, 1.82) is 0 Å². The molecule has 51 heavy (non-hydrogen) atoms. The first kappa shape index (κ1) is 50.0. The molecule has 0 amide bonds. The Morgan fingerprint density at radius 2 is 1.12 bits per heavy atom. The molecule has 0 aromatic rings. The number of rotatable bonds is 39. The molecule has 8 nitrogen and oxygen atoms in total. The maximum absolute atomic E-state index is 12.7. The van der Waals surface area contributed by atoms with Crippen LogP contribution in [0.4, 0.5) is 0 Å². The van der Waals surface area contributed by atoms with Gasteiger partial charge >= 0.3 is 13.8 Å². The lowest BCUT2D eigenvalue weighted by Crippen LogP contribution is -2.37. The lowest BCUT2D eigenvalue weighted by Gasteiger charge is -2.24. The highest BCUT2D eigenvalue weighted by atomic mass is 31.2. The number of carbonyl (C=O) groups excluding carboxylic acids is 1. The predicted molar refractivity (Wildman–Crippen MR) is 215 cm³/mol. The fourth-order valence-corrected chi connectivity index (χ4v) is 6.45. The summed E-state index contributed by atoms with van der Waals surface area (Å²) in [7, 11) is 1.66. The van der Waals surface area contributed by atoms with Gasteiger partial charge in [0, 0.05) is 13.0 Å². The fraction of sp³-hybridized carbons (Fsp3) is 0.881. The van der Waals surface area contributed by atoms with E-state index < -0.39 is 13.9 Å². The number of esters is 1. The molecule has 0 aliphatic heterocycles. The van der Waals surface area contributed by atoms with Crippen molar-refractivity contribution in [2.24, 2.45) is 0 Å². The molecule has 0 radical (unpaired) electrons. The Balaban J connectivity index is 4.25. The van der Waals surface area contributed by atoms with Crippen LogP contribution in [-0.2, 0) is 27.9 Å². The zero-order valence-electron chi connectivity index (χ0n) is 34.1. The third kappa shape index (κ3) is 40.0. The second kappa shape index (κ2) is 36.0. The largest absolute Gasteiger partial charge is 0.472 e. The molecule has 0 rings (SSSR count). The number of ether oxygens (including phenoxy) is 2. The van der Waals surface area contributed by atoms with Gasteiger partial charge in [-0.25, -0.2) is 4.57 Å². The minimum Gasteiger partial charge on any atom is -0.457 e. The van der Waals surface area contributed by atoms with Crippen LogP contribution in [0.1, 0.15) is 181 Å². The van der Waals surface area contributed by atoms with Gasteiger partial charge in [0.25, 0.3) is 0 Å². The van der Waals surface area contributed by atoms with E-state index in [1.165, 1.54) is 116 Å². The first-order valence-corrected chi connectivity index (χ1v) is 22.6. The number of quaternary nitrogens is 1. The fourth-order valence-electron chi connectivity index (χ4n) is 5.71. The molecule has 0 aliphatic carbocycles. The number of phosphoric acid groups is 1. The zero-order chi connectivity index (χ0) is 37.7. The van der Waals surface area contributed by atoms with Crippen LogP contribution in [0.25, 0.3) is 0 Å². The normalized spacial score (nSPS) is 14.1. The molecule has 2 unspecified atom stereocenters. The Morgan fingerprint density at radius 3 is 1.67 bits per heavy atom. The van der Waals surface area contributed by atoms with Gasteiger partial charge in [-0.1, -0.05) is 160 Å². The van der Waals surface area contributed by atoms with Gasteiger partial charge in [0.1, 0.15) is 19.3 Å². The number of phosphoric ester groups is 1. The van der Waals surface area contributed by atoms with E-state index in [0.29, 0.717) is 24.1 Å². The van der Waals surface area contributed by atoms with Crippen molar-refractivity contribution in [2.45, 2.75) is 187 Å². The minimum atomic E-state index is -4.27. The van der Waals surface area contributed by atoms with Crippen molar-refractivity contribution in [3.05, 3.63) is 24.3 Å². The third-order valence-electron chi connectivity index (χ3n) is 9.00. The van der Waals surface area contributed by atoms with Crippen molar-refractivity contribution in [2.75, 3.05) is 54.1 Å². The van der Waals surface area contributed by atoms with Gasteiger partial charge < -0.3 is 18.9 Å². The van der Waals surface area contributed by atoms with E-state index in [-0.39, 0.29) is 25.8 Å². The zero-order valence-corrected chi connectivity index (χ0v) is 35.0. The number of hydrogen-bond acceptors (Lipinski definition) is 6. The molecule has 0 heterocycles. The highest BCUT2D eigenvalue weighted by Gasteiger charge is 2.26. The molecular weight excluding hydrogens is 661 g/mol. The number of allylic oxidation sites excluding steroid dienone is 4. The topological polar surface area (TPSA) is 91.3 Å². The standard InChI is InChI=1S/C42H82NO7P/c1-6-8-10-12-14-16-18-20-22-23-25-27-29-31-33-35-42(44)50-41(40-49-51(45,46)48-38-36-43(3,4)5)39-47-37-34-32-30-28-26-24-21-19-17-15-13-11-9-7-2/h11,13,17,19,41H,6-10,12,14-16,18,20-40H2,1-5H3/p+1/b13-11-,19-17-. The molecule has 0 bridgehead atoms. The molecule has 0 spiro atoms. The first-order chi connectivity index (χ1) is 24.6. The SMILES string of the molecule is CCC/C=C\C/C=C\CCCCCCCCOCC(COP(=O)(O)OCC[N+](C)(C)C)OC(=O)CCCCCCCCCCCCCCCCC. The lowest BCUT2D eigenvalue weighted by atomic mass is 10.0. The first-order valence-electron chi connectivity index (χ1n) is 21.1. The van der Waals surface area contributed by atoms with E-state index in [9.17, 15) is 14.3 Å². The average Bonchev–Trinajstić information content (AvgIpc) is 3.08. The molecular formula is C42H83NO7P+. The summed E-state index contributed by atoms with van der Waals surface area (Å²) in [4.78, 5) is 22.8. The van der Waals surface area contributed by atoms with Crippen LogP contribution in [0.15, 0.2) is 24.3 Å². The van der Waals surface area contributed by atoms with E-state index in [0.717, 1.165) is 44.9 Å². The second-order valence-electron chi connectivity index (χ2n) is 15.4. The van der Waals surface area contributed by atoms with Gasteiger partial charge in [-0.2, -0.15) is 0 Å². The van der Waals surface area contributed by atoms with Crippen molar-refractivity contribution in [3.8, 4) is 0 Å². The molecule has 0 fully saturated rings. The smallest absolute Gasteiger partial charge is 0.457 e. The maximum atomic E-state index is 12.7. The van der Waals surface area contributed by atoms with Crippen LogP contribution in [0.5, 0.6) is 0 Å². The molecule has 0 saturated heterocycles. The Morgan fingerprint density at radius 1 is 0.608 bits per heavy atom. The van der Waals surface area contributed by atoms with Crippen LogP contribution in [-0.4, -0.2) is 75.6 Å². The summed E-state index contributed by atoms with van der Waals surface area (Å²) in [5.41, 5.74) is 0. The Kier molecular flexibility index (Phi) is 35.3. The number of hydrogen-bond donors (Lipinski definition) is 1. The molecule has 0 aromatic heterocycles. The van der Waals surface area contributed by atoms with Crippen LogP contribution >= 0.6 is 7.82 Å². The predicted octanol–water partition coefficient (Wildman–Crippen LogP) is 12.0. The van der Waals surface area contributed by atoms with Gasteiger partial charge in [-0.3, -0.25) is 13.8 Å². The summed E-state index contributed by atoms with van der Waals surface area (Å²) in [5.74, 6) is -0.316. The number of nitrogens with zero attached hydrogens (tertiary/aromatic N) is 1. The highest BCUT2D eigenvalue weighted by Crippen LogP contribution is 2.43. The monoisotopic (exact) mass is 745 g/mol. The number of carbonyl (C=O) groups is 1. The summed E-state index contributed by atoms with van der Waals surface area (Å²) in [6.45, 7) is 5.55. The third-order valence-corrected chi connectivity index (χ3v) is 9.98. The lowest BCUT2D eigenvalue weighted by molar-refractivity contribution is -0.870. The molecule has 0 saturated carbocycles. The second-order valence-corrected chi connectivity index (χ2v) is 16.8. The van der Waals surface area contributed by atoms with Gasteiger partial charge in [0.2, 0.25) is 0 Å². The molecule has 1 N–H and O–H groups in total. The van der Waals surface area contributed by atoms with Crippen LogP contribution in [0.3, 0.4) is 0 Å². The van der Waals surface area contributed by atoms with E-state index in [1.807, 2.05) is 21.1 Å². The molecule has 9 heteroatoms. The summed E-state index contributed by atoms with van der Waals surface area (Å²) in [6.07, 6.45) is 39.1. The van der Waals surface area contributed by atoms with Gasteiger partial charge in [0.15, 0.2) is 0 Å². The molecule has 302 valence electrons. The Bertz CT molecular complexity index is 874. The molecule has 2 atom stereocenters. The van der Waals surface area contributed by atoms with E-state index in [1.54, 1.807) is 0 Å². The Hall–Kier alpha value is -1.02. The maximum Gasteiger partial charge on any atom is 0.472 e. The summed E-state index contributed by atoms with van der Waals surface area (Å²) >= 11 is 0. The summed E-state index contributed by atoms with van der Waals surface area (Å²) in [6, 6.07) is 0. The Labute approximate surface area is 315 Å². The molecule has 0 aliphatic rings. The van der Waals surface area contributed by atoms with Crippen molar-refractivity contribution in [3.63, 3.8) is 0 Å².